The molecule has 1 unspecified atom stereocenters. The van der Waals surface area contributed by atoms with Crippen LogP contribution in [0.5, 0.6) is 0 Å². The van der Waals surface area contributed by atoms with Crippen molar-refractivity contribution in [2.24, 2.45) is 5.73 Å². The summed E-state index contributed by atoms with van der Waals surface area (Å²) < 4.78 is 0. The minimum atomic E-state index is -0.754. The first kappa shape index (κ1) is 15.2. The summed E-state index contributed by atoms with van der Waals surface area (Å²) in [7, 11) is 0. The number of nitrogens with two attached hydrogens (primary N) is 1. The number of amides is 2. The van der Waals surface area contributed by atoms with E-state index in [1.54, 1.807) is 0 Å². The van der Waals surface area contributed by atoms with Crippen LogP contribution in [0.15, 0.2) is 0 Å². The second-order valence-corrected chi connectivity index (χ2v) is 5.18. The van der Waals surface area contributed by atoms with Crippen LogP contribution in [0.3, 0.4) is 0 Å². The van der Waals surface area contributed by atoms with Gasteiger partial charge in [0.1, 0.15) is 6.04 Å². The molecule has 0 aromatic heterocycles. The predicted octanol–water partition coefficient (Wildman–Crippen LogP) is 0.465. The topological polar surface area (TPSA) is 84.2 Å². The molecular formula is C12H22ClN3O2. The zero-order chi connectivity index (χ0) is 12.3. The van der Waals surface area contributed by atoms with Crippen LogP contribution >= 0.6 is 12.4 Å². The van der Waals surface area contributed by atoms with E-state index in [0.29, 0.717) is 13.0 Å². The van der Waals surface area contributed by atoms with Crippen LogP contribution in [0.2, 0.25) is 0 Å². The van der Waals surface area contributed by atoms with Gasteiger partial charge in [-0.15, -0.1) is 12.4 Å². The van der Waals surface area contributed by atoms with Crippen molar-refractivity contribution in [2.45, 2.75) is 56.5 Å². The third-order valence-corrected chi connectivity index (χ3v) is 3.79. The summed E-state index contributed by atoms with van der Waals surface area (Å²) in [6.07, 6.45) is 6.24. The second-order valence-electron chi connectivity index (χ2n) is 5.18. The molecule has 0 spiro atoms. The molecule has 2 rings (SSSR count). The van der Waals surface area contributed by atoms with Gasteiger partial charge in [-0.1, -0.05) is 19.3 Å². The van der Waals surface area contributed by atoms with Crippen LogP contribution in [0, 0.1) is 0 Å². The maximum absolute atomic E-state index is 12.1. The molecule has 2 fully saturated rings. The first-order valence-electron chi connectivity index (χ1n) is 6.49. The number of nitrogens with one attached hydrogen (secondary N) is 2. The fourth-order valence-corrected chi connectivity index (χ4v) is 2.62. The van der Waals surface area contributed by atoms with Crippen LogP contribution in [0.4, 0.5) is 0 Å². The Morgan fingerprint density at radius 1 is 1.28 bits per heavy atom. The maximum atomic E-state index is 12.1. The highest BCUT2D eigenvalue weighted by Crippen LogP contribution is 2.26. The van der Waals surface area contributed by atoms with E-state index in [-0.39, 0.29) is 24.2 Å². The second kappa shape index (κ2) is 6.38. The van der Waals surface area contributed by atoms with Crippen LogP contribution < -0.4 is 16.4 Å². The number of hydrogen-bond acceptors (Lipinski definition) is 3. The van der Waals surface area contributed by atoms with Gasteiger partial charge in [0.05, 0.1) is 5.54 Å². The van der Waals surface area contributed by atoms with Crippen molar-refractivity contribution in [1.29, 1.82) is 0 Å². The lowest BCUT2D eigenvalue weighted by Crippen LogP contribution is -2.60. The summed E-state index contributed by atoms with van der Waals surface area (Å²) in [4.78, 5) is 23.7. The standard InChI is InChI=1S/C12H21N3O2.ClH/c13-12(6-2-1-3-7-12)11(17)15-9-5-4-8-14-10(9)16;/h9H,1-8,13H2,(H,14,16)(H,15,17);1H. The van der Waals surface area contributed by atoms with E-state index in [9.17, 15) is 9.59 Å². The Bertz CT molecular complexity index is 316. The highest BCUT2D eigenvalue weighted by Gasteiger charge is 2.37. The molecule has 1 aliphatic heterocycles. The molecule has 0 aromatic carbocycles. The maximum Gasteiger partial charge on any atom is 0.242 e. The summed E-state index contributed by atoms with van der Waals surface area (Å²) in [6.45, 7) is 0.707. The lowest BCUT2D eigenvalue weighted by molar-refractivity contribution is -0.133. The van der Waals surface area contributed by atoms with E-state index in [1.165, 1.54) is 0 Å². The summed E-state index contributed by atoms with van der Waals surface area (Å²) in [6, 6.07) is -0.390. The third-order valence-electron chi connectivity index (χ3n) is 3.79. The molecule has 1 aliphatic carbocycles. The molecule has 104 valence electrons. The molecule has 0 bridgehead atoms. The summed E-state index contributed by atoms with van der Waals surface area (Å²) in [5, 5.41) is 5.56. The van der Waals surface area contributed by atoms with Crippen molar-refractivity contribution in [3.05, 3.63) is 0 Å². The normalized spacial score (nSPS) is 26.7. The average Bonchev–Trinajstić information content (AvgIpc) is 2.33. The zero-order valence-corrected chi connectivity index (χ0v) is 11.4. The largest absolute Gasteiger partial charge is 0.354 e. The third kappa shape index (κ3) is 3.36. The van der Waals surface area contributed by atoms with Crippen molar-refractivity contribution in [1.82, 2.24) is 10.6 Å². The van der Waals surface area contributed by atoms with Crippen LogP contribution in [-0.4, -0.2) is 29.9 Å². The Balaban J connectivity index is 0.00000162. The molecule has 1 heterocycles. The van der Waals surface area contributed by atoms with Gasteiger partial charge >= 0.3 is 0 Å². The molecule has 1 saturated carbocycles. The van der Waals surface area contributed by atoms with Gasteiger partial charge in [-0.3, -0.25) is 9.59 Å². The van der Waals surface area contributed by atoms with Crippen molar-refractivity contribution >= 4 is 24.2 Å². The average molecular weight is 276 g/mol. The Kier molecular flexibility index (Phi) is 5.41. The number of rotatable bonds is 2. The Morgan fingerprint density at radius 3 is 2.56 bits per heavy atom. The Hall–Kier alpha value is -0.810. The molecule has 5 nitrogen and oxygen atoms in total. The molecule has 2 aliphatic rings. The predicted molar refractivity (Wildman–Crippen MR) is 71.4 cm³/mol. The van der Waals surface area contributed by atoms with E-state index < -0.39 is 11.6 Å². The minimum absolute atomic E-state index is 0. The first-order chi connectivity index (χ1) is 8.12. The van der Waals surface area contributed by atoms with E-state index in [4.69, 9.17) is 5.73 Å². The molecule has 0 radical (unpaired) electrons. The molecule has 0 aromatic rings. The summed E-state index contributed by atoms with van der Waals surface area (Å²) in [5.41, 5.74) is 5.37. The fraction of sp³-hybridized carbons (Fsp3) is 0.833. The highest BCUT2D eigenvalue weighted by molar-refractivity contribution is 5.92. The fourth-order valence-electron chi connectivity index (χ4n) is 2.62. The monoisotopic (exact) mass is 275 g/mol. The Morgan fingerprint density at radius 2 is 1.94 bits per heavy atom. The van der Waals surface area contributed by atoms with E-state index in [1.807, 2.05) is 0 Å². The van der Waals surface area contributed by atoms with Gasteiger partial charge in [-0.05, 0) is 25.7 Å². The zero-order valence-electron chi connectivity index (χ0n) is 10.5. The molecule has 6 heteroatoms. The molecule has 1 atom stereocenters. The lowest BCUT2D eigenvalue weighted by atomic mass is 9.81. The van der Waals surface area contributed by atoms with Gasteiger partial charge in [-0.25, -0.2) is 0 Å². The number of piperidine rings is 1. The van der Waals surface area contributed by atoms with Gasteiger partial charge in [0, 0.05) is 6.54 Å². The van der Waals surface area contributed by atoms with Crippen LogP contribution in [0.25, 0.3) is 0 Å². The van der Waals surface area contributed by atoms with Crippen molar-refractivity contribution in [3.8, 4) is 0 Å². The van der Waals surface area contributed by atoms with Crippen molar-refractivity contribution < 1.29 is 9.59 Å². The van der Waals surface area contributed by atoms with Gasteiger partial charge in [0.2, 0.25) is 11.8 Å². The molecule has 1 saturated heterocycles. The van der Waals surface area contributed by atoms with E-state index >= 15 is 0 Å². The van der Waals surface area contributed by atoms with Crippen molar-refractivity contribution in [3.63, 3.8) is 0 Å². The van der Waals surface area contributed by atoms with Gasteiger partial charge in [-0.2, -0.15) is 0 Å². The summed E-state index contributed by atoms with van der Waals surface area (Å²) >= 11 is 0. The van der Waals surface area contributed by atoms with Gasteiger partial charge in [0.25, 0.3) is 0 Å². The van der Waals surface area contributed by atoms with Crippen LogP contribution in [-0.2, 0) is 9.59 Å². The minimum Gasteiger partial charge on any atom is -0.354 e. The SMILES string of the molecule is Cl.NC1(C(=O)NC2CCCNC2=O)CCCCC1. The summed E-state index contributed by atoms with van der Waals surface area (Å²) in [5.74, 6) is -0.233. The highest BCUT2D eigenvalue weighted by atomic mass is 35.5. The lowest BCUT2D eigenvalue weighted by Gasteiger charge is -2.34. The molecular weight excluding hydrogens is 254 g/mol. The molecule has 4 N–H and O–H groups in total. The van der Waals surface area contributed by atoms with Gasteiger partial charge < -0.3 is 16.4 Å². The number of carbonyl (C=O) groups is 2. The quantitative estimate of drug-likeness (QED) is 0.685. The molecule has 18 heavy (non-hydrogen) atoms. The number of carbonyl (C=O) groups excluding carboxylic acids is 2. The number of hydrogen-bond donors (Lipinski definition) is 3. The van der Waals surface area contributed by atoms with Gasteiger partial charge in [0.15, 0.2) is 0 Å². The number of halogens is 1. The van der Waals surface area contributed by atoms with Crippen LogP contribution in [0.1, 0.15) is 44.9 Å². The smallest absolute Gasteiger partial charge is 0.242 e. The first-order valence-corrected chi connectivity index (χ1v) is 6.49. The van der Waals surface area contributed by atoms with E-state index in [2.05, 4.69) is 10.6 Å². The Labute approximate surface area is 114 Å². The van der Waals surface area contributed by atoms with E-state index in [0.717, 1.165) is 38.5 Å². The molecule has 2 amide bonds. The van der Waals surface area contributed by atoms with Crippen molar-refractivity contribution in [2.75, 3.05) is 6.54 Å².